The van der Waals surface area contributed by atoms with Crippen LogP contribution in [0.2, 0.25) is 0 Å². The van der Waals surface area contributed by atoms with Crippen molar-refractivity contribution in [2.24, 2.45) is 17.8 Å². The normalized spacial score (nSPS) is 14.4. The van der Waals surface area contributed by atoms with Crippen molar-refractivity contribution in [1.29, 1.82) is 0 Å². The summed E-state index contributed by atoms with van der Waals surface area (Å²) in [6, 6.07) is 0. The number of hydrogen-bond donors (Lipinski definition) is 3. The Morgan fingerprint density at radius 3 is 0.738 bits per heavy atom. The van der Waals surface area contributed by atoms with Crippen LogP contribution in [0.4, 0.5) is 0 Å². The van der Waals surface area contributed by atoms with Crippen molar-refractivity contribution in [3.05, 3.63) is 0 Å². The van der Waals surface area contributed by atoms with Gasteiger partial charge in [-0.3, -0.25) is 37.3 Å². The van der Waals surface area contributed by atoms with Crippen molar-refractivity contribution < 1.29 is 80.2 Å². The van der Waals surface area contributed by atoms with E-state index in [0.717, 1.165) is 108 Å². The summed E-state index contributed by atoms with van der Waals surface area (Å²) in [5, 5.41) is 10.7. The monoisotopic (exact) mass is 1510 g/mol. The van der Waals surface area contributed by atoms with Crippen LogP contribution in [0.25, 0.3) is 0 Å². The van der Waals surface area contributed by atoms with Crippen molar-refractivity contribution in [3.8, 4) is 0 Å². The molecule has 0 saturated carbocycles. The lowest BCUT2D eigenvalue weighted by atomic mass is 9.99. The zero-order valence-corrected chi connectivity index (χ0v) is 69.6. The zero-order valence-electron chi connectivity index (χ0n) is 67.8. The van der Waals surface area contributed by atoms with Gasteiger partial charge in [0.2, 0.25) is 0 Å². The first kappa shape index (κ1) is 101. The van der Waals surface area contributed by atoms with Gasteiger partial charge in [0.05, 0.1) is 26.4 Å². The van der Waals surface area contributed by atoms with Gasteiger partial charge in [-0.05, 0) is 43.4 Å². The van der Waals surface area contributed by atoms with E-state index in [1.54, 1.807) is 0 Å². The van der Waals surface area contributed by atoms with E-state index in [1.807, 2.05) is 0 Å². The zero-order chi connectivity index (χ0) is 75.8. The highest BCUT2D eigenvalue weighted by Gasteiger charge is 2.30. The van der Waals surface area contributed by atoms with Crippen molar-refractivity contribution in [2.75, 3.05) is 39.6 Å². The number of carbonyl (C=O) groups is 4. The largest absolute Gasteiger partial charge is 0.472 e. The fourth-order valence-corrected chi connectivity index (χ4v) is 14.5. The molecule has 103 heavy (non-hydrogen) atoms. The number of ether oxygens (including phenoxy) is 4. The molecule has 0 fully saturated rings. The van der Waals surface area contributed by atoms with E-state index in [-0.39, 0.29) is 25.7 Å². The first-order valence-corrected chi connectivity index (χ1v) is 46.4. The number of hydrogen-bond acceptors (Lipinski definition) is 15. The second kappa shape index (κ2) is 74.2. The molecule has 0 rings (SSSR count). The summed E-state index contributed by atoms with van der Waals surface area (Å²) < 4.78 is 68.8. The molecule has 612 valence electrons. The molecule has 0 radical (unpaired) electrons. The molecular formula is C84H164O17P2. The molecule has 0 aliphatic rings. The number of phosphoric acid groups is 2. The van der Waals surface area contributed by atoms with Gasteiger partial charge in [0.15, 0.2) is 12.2 Å². The van der Waals surface area contributed by atoms with E-state index in [2.05, 4.69) is 48.5 Å². The molecule has 0 heterocycles. The average molecular weight is 1510 g/mol. The Morgan fingerprint density at radius 2 is 0.495 bits per heavy atom. The fourth-order valence-electron chi connectivity index (χ4n) is 13.0. The molecule has 0 aliphatic heterocycles. The average Bonchev–Trinajstić information content (AvgIpc) is 0.919. The third-order valence-corrected chi connectivity index (χ3v) is 22.3. The first-order chi connectivity index (χ1) is 49.8. The van der Waals surface area contributed by atoms with Crippen molar-refractivity contribution in [3.63, 3.8) is 0 Å². The van der Waals surface area contributed by atoms with Crippen LogP contribution < -0.4 is 0 Å². The number of rotatable bonds is 82. The maximum absolute atomic E-state index is 13.1. The first-order valence-electron chi connectivity index (χ1n) is 43.4. The van der Waals surface area contributed by atoms with E-state index < -0.39 is 97.5 Å². The highest BCUT2D eigenvalue weighted by Crippen LogP contribution is 2.45. The standard InChI is InChI=1S/C84H164O17P2/c1-8-11-12-13-14-34-44-51-58-65-81(86)94-71-79(101-84(89)68-61-54-47-40-33-32-37-43-50-57-64-77(7)10-3)73-98-102(90,91)96-69-78(85)70-97-103(92,93)99-74-80(72-95-82(87)66-59-52-45-38-30-26-23-19-20-24-28-35-41-48-55-62-75(4)5)100-83(88)67-60-53-46-39-31-27-22-18-16-15-17-21-25-29-36-42-49-56-63-76(6)9-2/h75-80,85H,8-74H2,1-7H3,(H,90,91)(H,92,93)/t76?,77?,78-,79+,80+/m0/s1. The molecule has 4 unspecified atom stereocenters. The predicted molar refractivity (Wildman–Crippen MR) is 423 cm³/mol. The number of aliphatic hydroxyl groups is 1. The minimum Gasteiger partial charge on any atom is -0.462 e. The topological polar surface area (TPSA) is 237 Å². The highest BCUT2D eigenvalue weighted by atomic mass is 31.2. The van der Waals surface area contributed by atoms with E-state index >= 15 is 0 Å². The van der Waals surface area contributed by atoms with E-state index in [1.165, 1.54) is 250 Å². The van der Waals surface area contributed by atoms with Gasteiger partial charge in [0.25, 0.3) is 0 Å². The summed E-state index contributed by atoms with van der Waals surface area (Å²) >= 11 is 0. The van der Waals surface area contributed by atoms with E-state index in [4.69, 9.17) is 37.0 Å². The molecule has 0 amide bonds. The maximum atomic E-state index is 13.1. The number of carbonyl (C=O) groups excluding carboxylic acids is 4. The fraction of sp³-hybridized carbons (Fsp3) is 0.952. The van der Waals surface area contributed by atoms with Crippen molar-refractivity contribution in [1.82, 2.24) is 0 Å². The lowest BCUT2D eigenvalue weighted by Crippen LogP contribution is -2.30. The number of phosphoric ester groups is 2. The molecule has 0 spiro atoms. The Labute approximate surface area is 632 Å². The van der Waals surface area contributed by atoms with Crippen LogP contribution in [-0.4, -0.2) is 96.7 Å². The lowest BCUT2D eigenvalue weighted by molar-refractivity contribution is -0.161. The van der Waals surface area contributed by atoms with Crippen LogP contribution >= 0.6 is 15.6 Å². The quantitative estimate of drug-likeness (QED) is 0.0222. The Balaban J connectivity index is 5.21. The summed E-state index contributed by atoms with van der Waals surface area (Å²) in [5.74, 6) is 0.372. The van der Waals surface area contributed by atoms with Crippen molar-refractivity contribution >= 4 is 39.5 Å². The number of aliphatic hydroxyl groups excluding tert-OH is 1. The number of unbranched alkanes of at least 4 members (excludes halogenated alkanes) is 48. The van der Waals surface area contributed by atoms with Crippen LogP contribution in [0.1, 0.15) is 440 Å². The van der Waals surface area contributed by atoms with E-state index in [9.17, 15) is 43.2 Å². The van der Waals surface area contributed by atoms with Gasteiger partial charge in [-0.1, -0.05) is 389 Å². The molecule has 17 nitrogen and oxygen atoms in total. The molecule has 0 bridgehead atoms. The summed E-state index contributed by atoms with van der Waals surface area (Å²) in [5.41, 5.74) is 0. The van der Waals surface area contributed by atoms with Gasteiger partial charge in [-0.25, -0.2) is 9.13 Å². The van der Waals surface area contributed by atoms with E-state index in [0.29, 0.717) is 25.7 Å². The van der Waals surface area contributed by atoms with Gasteiger partial charge in [0, 0.05) is 25.7 Å². The molecule has 3 N–H and O–H groups in total. The van der Waals surface area contributed by atoms with Gasteiger partial charge >= 0.3 is 39.5 Å². The summed E-state index contributed by atoms with van der Waals surface area (Å²) in [6.07, 6.45) is 63.8. The summed E-state index contributed by atoms with van der Waals surface area (Å²) in [7, 11) is -9.92. The Hall–Kier alpha value is -1.94. The Bertz CT molecular complexity index is 2000. The summed E-state index contributed by atoms with van der Waals surface area (Å²) in [4.78, 5) is 73.1. The van der Waals surface area contributed by atoms with Gasteiger partial charge in [-0.15, -0.1) is 0 Å². The molecule has 0 aliphatic carbocycles. The van der Waals surface area contributed by atoms with Crippen LogP contribution in [0.3, 0.4) is 0 Å². The second-order valence-electron chi connectivity index (χ2n) is 31.2. The third kappa shape index (κ3) is 75.3. The Kier molecular flexibility index (Phi) is 72.8. The maximum Gasteiger partial charge on any atom is 0.472 e. The molecule has 7 atom stereocenters. The highest BCUT2D eigenvalue weighted by molar-refractivity contribution is 7.47. The predicted octanol–water partition coefficient (Wildman–Crippen LogP) is 25.3. The molecular weight excluding hydrogens is 1340 g/mol. The van der Waals surface area contributed by atoms with Gasteiger partial charge in [0.1, 0.15) is 19.3 Å². The SMILES string of the molecule is CCCCCCCCCCCC(=O)OC[C@H](COP(=O)(O)OC[C@H](O)COP(=O)(O)OC[C@@H](COC(=O)CCCCCCCCCCCCCCCCCC(C)C)OC(=O)CCCCCCCCCCCCCCCCCCCCC(C)CC)OC(=O)CCCCCCCCCCCCC(C)CC. The van der Waals surface area contributed by atoms with Crippen LogP contribution in [-0.2, 0) is 65.4 Å². The Morgan fingerprint density at radius 1 is 0.282 bits per heavy atom. The van der Waals surface area contributed by atoms with Crippen LogP contribution in [0, 0.1) is 17.8 Å². The lowest BCUT2D eigenvalue weighted by Gasteiger charge is -2.21. The minimum absolute atomic E-state index is 0.106. The molecule has 19 heteroatoms. The second-order valence-corrected chi connectivity index (χ2v) is 34.1. The molecule has 0 aromatic rings. The molecule has 0 aromatic carbocycles. The summed E-state index contributed by atoms with van der Waals surface area (Å²) in [6.45, 7) is 12.1. The smallest absolute Gasteiger partial charge is 0.462 e. The minimum atomic E-state index is -4.96. The van der Waals surface area contributed by atoms with Crippen molar-refractivity contribution in [2.45, 2.75) is 458 Å². The number of esters is 4. The van der Waals surface area contributed by atoms with Crippen LogP contribution in [0.15, 0.2) is 0 Å². The molecule has 0 saturated heterocycles. The third-order valence-electron chi connectivity index (χ3n) is 20.4. The molecule has 0 aromatic heterocycles. The van der Waals surface area contributed by atoms with Gasteiger partial charge < -0.3 is 33.8 Å². The van der Waals surface area contributed by atoms with Crippen LogP contribution in [0.5, 0.6) is 0 Å². The van der Waals surface area contributed by atoms with Gasteiger partial charge in [-0.2, -0.15) is 0 Å².